The molecule has 2 aliphatic carbocycles. The smallest absolute Gasteiger partial charge is 0.273 e. The summed E-state index contributed by atoms with van der Waals surface area (Å²) >= 11 is 1.54. The molecule has 0 aliphatic heterocycles. The number of nitrogens with zero attached hydrogens (tertiary/aromatic N) is 1. The fraction of sp³-hybridized carbons (Fsp3) is 0.700. The molecule has 0 saturated heterocycles. The zero-order valence-corrected chi connectivity index (χ0v) is 9.01. The number of thiazole rings is 1. The second-order valence-electron chi connectivity index (χ2n) is 4.52. The molecule has 0 aromatic carbocycles. The van der Waals surface area contributed by atoms with Crippen LogP contribution in [0.15, 0.2) is 5.38 Å². The third-order valence-corrected chi connectivity index (χ3v) is 4.29. The Morgan fingerprint density at radius 2 is 2.29 bits per heavy atom. The molecular formula is C10H14N2OS. The number of hydrogen-bond acceptors (Lipinski definition) is 4. The lowest BCUT2D eigenvalue weighted by atomic mass is 9.92. The van der Waals surface area contributed by atoms with Crippen molar-refractivity contribution in [3.63, 3.8) is 0 Å². The first-order chi connectivity index (χ1) is 6.71. The lowest BCUT2D eigenvalue weighted by Gasteiger charge is -2.23. The molecule has 4 heteroatoms. The minimum atomic E-state index is -0.152. The van der Waals surface area contributed by atoms with Gasteiger partial charge in [0, 0.05) is 5.38 Å². The number of fused-ring (bicyclic) bond motifs is 1. The molecule has 2 fully saturated rings. The van der Waals surface area contributed by atoms with Gasteiger partial charge in [-0.15, -0.1) is 0 Å². The Kier molecular flexibility index (Phi) is 1.67. The van der Waals surface area contributed by atoms with Crippen molar-refractivity contribution in [2.24, 2.45) is 17.6 Å². The van der Waals surface area contributed by atoms with Crippen LogP contribution in [-0.2, 0) is 5.54 Å². The third-order valence-electron chi connectivity index (χ3n) is 3.49. The molecule has 0 radical (unpaired) electrons. The Hall–Kier alpha value is -0.610. The molecule has 0 spiro atoms. The van der Waals surface area contributed by atoms with E-state index in [0.717, 1.165) is 35.6 Å². The van der Waals surface area contributed by atoms with Gasteiger partial charge in [-0.05, 0) is 31.1 Å². The van der Waals surface area contributed by atoms with E-state index in [4.69, 9.17) is 10.5 Å². The molecule has 1 aromatic heterocycles. The van der Waals surface area contributed by atoms with Crippen molar-refractivity contribution in [2.45, 2.75) is 24.8 Å². The van der Waals surface area contributed by atoms with Gasteiger partial charge >= 0.3 is 0 Å². The van der Waals surface area contributed by atoms with Crippen LogP contribution in [0.4, 0.5) is 0 Å². The maximum atomic E-state index is 6.36. The van der Waals surface area contributed by atoms with Crippen molar-refractivity contribution in [1.29, 1.82) is 0 Å². The number of nitrogens with two attached hydrogens (primary N) is 1. The standard InChI is InChI=1S/C10H14N2OS/c1-13-9-12-8(5-14-9)10(11)3-6-2-7(6)4-10/h5-7H,2-4,11H2,1H3. The normalized spacial score (nSPS) is 39.6. The molecule has 2 aliphatic rings. The van der Waals surface area contributed by atoms with Crippen LogP contribution in [0.3, 0.4) is 0 Å². The molecule has 1 aromatic rings. The summed E-state index contributed by atoms with van der Waals surface area (Å²) in [6.07, 6.45) is 3.62. The Morgan fingerprint density at radius 1 is 1.57 bits per heavy atom. The van der Waals surface area contributed by atoms with E-state index >= 15 is 0 Å². The molecule has 3 rings (SSSR count). The summed E-state index contributed by atoms with van der Waals surface area (Å²) in [5.74, 6) is 1.76. The second-order valence-corrected chi connectivity index (χ2v) is 5.34. The summed E-state index contributed by atoms with van der Waals surface area (Å²) < 4.78 is 5.09. The van der Waals surface area contributed by atoms with Crippen LogP contribution in [0.25, 0.3) is 0 Å². The highest BCUT2D eigenvalue weighted by molar-refractivity contribution is 7.11. The predicted molar refractivity (Wildman–Crippen MR) is 55.4 cm³/mol. The minimum Gasteiger partial charge on any atom is -0.473 e. The Balaban J connectivity index is 1.86. The Labute approximate surface area is 87.3 Å². The summed E-state index contributed by atoms with van der Waals surface area (Å²) in [5.41, 5.74) is 7.24. The van der Waals surface area contributed by atoms with Crippen LogP contribution in [0.2, 0.25) is 0 Å². The largest absolute Gasteiger partial charge is 0.473 e. The highest BCUT2D eigenvalue weighted by Gasteiger charge is 2.53. The van der Waals surface area contributed by atoms with Crippen molar-refractivity contribution in [3.8, 4) is 5.19 Å². The number of hydrogen-bond donors (Lipinski definition) is 1. The average molecular weight is 210 g/mol. The molecule has 3 nitrogen and oxygen atoms in total. The van der Waals surface area contributed by atoms with E-state index in [9.17, 15) is 0 Å². The highest BCUT2D eigenvalue weighted by atomic mass is 32.1. The van der Waals surface area contributed by atoms with Crippen molar-refractivity contribution in [1.82, 2.24) is 4.98 Å². The van der Waals surface area contributed by atoms with Gasteiger partial charge in [0.1, 0.15) is 0 Å². The lowest BCUT2D eigenvalue weighted by Crippen LogP contribution is -2.35. The van der Waals surface area contributed by atoms with Crippen molar-refractivity contribution in [3.05, 3.63) is 11.1 Å². The van der Waals surface area contributed by atoms with Gasteiger partial charge in [-0.25, -0.2) is 4.98 Å². The zero-order valence-electron chi connectivity index (χ0n) is 8.19. The third kappa shape index (κ3) is 1.17. The first kappa shape index (κ1) is 8.68. The molecule has 2 saturated carbocycles. The van der Waals surface area contributed by atoms with Gasteiger partial charge in [0.15, 0.2) is 0 Å². The van der Waals surface area contributed by atoms with Gasteiger partial charge in [0.25, 0.3) is 5.19 Å². The van der Waals surface area contributed by atoms with Gasteiger partial charge < -0.3 is 10.5 Å². The van der Waals surface area contributed by atoms with E-state index in [1.165, 1.54) is 17.8 Å². The Bertz CT molecular complexity index is 353. The van der Waals surface area contributed by atoms with Gasteiger partial charge in [-0.3, -0.25) is 0 Å². The van der Waals surface area contributed by atoms with Crippen LogP contribution in [0.1, 0.15) is 25.0 Å². The molecule has 1 heterocycles. The van der Waals surface area contributed by atoms with Crippen LogP contribution in [0.5, 0.6) is 5.19 Å². The van der Waals surface area contributed by atoms with Gasteiger partial charge in [0.05, 0.1) is 18.3 Å². The lowest BCUT2D eigenvalue weighted by molar-refractivity contribution is 0.382. The maximum Gasteiger partial charge on any atom is 0.273 e. The topological polar surface area (TPSA) is 48.1 Å². The zero-order chi connectivity index (χ0) is 9.76. The van der Waals surface area contributed by atoms with Crippen molar-refractivity contribution < 1.29 is 4.74 Å². The predicted octanol–water partition coefficient (Wildman–Crippen LogP) is 1.74. The van der Waals surface area contributed by atoms with Crippen LogP contribution in [-0.4, -0.2) is 12.1 Å². The molecule has 0 bridgehead atoms. The van der Waals surface area contributed by atoms with Gasteiger partial charge in [-0.1, -0.05) is 11.3 Å². The van der Waals surface area contributed by atoms with Crippen LogP contribution < -0.4 is 10.5 Å². The number of ether oxygens (including phenoxy) is 1. The minimum absolute atomic E-state index is 0.152. The van der Waals surface area contributed by atoms with E-state index in [2.05, 4.69) is 4.98 Å². The number of aromatic nitrogens is 1. The molecular weight excluding hydrogens is 196 g/mol. The summed E-state index contributed by atoms with van der Waals surface area (Å²) in [5, 5.41) is 2.77. The van der Waals surface area contributed by atoms with E-state index < -0.39 is 0 Å². The summed E-state index contributed by atoms with van der Waals surface area (Å²) in [6, 6.07) is 0. The molecule has 76 valence electrons. The van der Waals surface area contributed by atoms with Crippen LogP contribution >= 0.6 is 11.3 Å². The van der Waals surface area contributed by atoms with E-state index in [-0.39, 0.29) is 5.54 Å². The molecule has 14 heavy (non-hydrogen) atoms. The van der Waals surface area contributed by atoms with E-state index in [1.807, 2.05) is 5.38 Å². The maximum absolute atomic E-state index is 6.36. The second kappa shape index (κ2) is 2.70. The number of rotatable bonds is 2. The molecule has 2 unspecified atom stereocenters. The van der Waals surface area contributed by atoms with E-state index in [1.54, 1.807) is 7.11 Å². The summed E-state index contributed by atoms with van der Waals surface area (Å²) in [7, 11) is 1.65. The molecule has 2 atom stereocenters. The Morgan fingerprint density at radius 3 is 2.86 bits per heavy atom. The van der Waals surface area contributed by atoms with Gasteiger partial charge in [-0.2, -0.15) is 0 Å². The summed E-state index contributed by atoms with van der Waals surface area (Å²) in [4.78, 5) is 4.41. The van der Waals surface area contributed by atoms with Gasteiger partial charge in [0.2, 0.25) is 0 Å². The van der Waals surface area contributed by atoms with Crippen LogP contribution in [0, 0.1) is 11.8 Å². The first-order valence-electron chi connectivity index (χ1n) is 5.00. The quantitative estimate of drug-likeness (QED) is 0.808. The first-order valence-corrected chi connectivity index (χ1v) is 5.88. The molecule has 0 amide bonds. The highest BCUT2D eigenvalue weighted by Crippen LogP contribution is 2.58. The summed E-state index contributed by atoms with van der Waals surface area (Å²) in [6.45, 7) is 0. The average Bonchev–Trinajstić information content (AvgIpc) is 2.69. The fourth-order valence-corrected chi connectivity index (χ4v) is 3.37. The van der Waals surface area contributed by atoms with E-state index in [0.29, 0.717) is 0 Å². The van der Waals surface area contributed by atoms with Crippen molar-refractivity contribution >= 4 is 11.3 Å². The number of methoxy groups -OCH3 is 1. The SMILES string of the molecule is COc1nc(C2(N)CC3CC3C2)cs1. The fourth-order valence-electron chi connectivity index (χ4n) is 2.62. The molecule has 2 N–H and O–H groups in total. The monoisotopic (exact) mass is 210 g/mol. The van der Waals surface area contributed by atoms with Crippen molar-refractivity contribution in [2.75, 3.05) is 7.11 Å².